The Morgan fingerprint density at radius 3 is 3.00 bits per heavy atom. The summed E-state index contributed by atoms with van der Waals surface area (Å²) in [7, 11) is 1.67. The second-order valence-corrected chi connectivity index (χ2v) is 6.99. The van der Waals surface area contributed by atoms with Crippen LogP contribution in [-0.2, 0) is 12.8 Å². The van der Waals surface area contributed by atoms with Crippen LogP contribution in [0.25, 0.3) is 0 Å². The van der Waals surface area contributed by atoms with E-state index >= 15 is 0 Å². The summed E-state index contributed by atoms with van der Waals surface area (Å²) in [4.78, 5) is 17.0. The number of likely N-dealkylation sites (tertiary alicyclic amines) is 1. The number of aliphatic hydroxyl groups excluding tert-OH is 1. The lowest BCUT2D eigenvalue weighted by Crippen LogP contribution is -2.44. The second-order valence-electron chi connectivity index (χ2n) is 5.88. The number of hydrogen-bond acceptors (Lipinski definition) is 4. The van der Waals surface area contributed by atoms with E-state index in [-0.39, 0.29) is 18.6 Å². The molecule has 2 aliphatic rings. The first-order valence-electron chi connectivity index (χ1n) is 7.86. The van der Waals surface area contributed by atoms with Crippen molar-refractivity contribution in [2.75, 3.05) is 20.3 Å². The molecule has 0 aromatic carbocycles. The molecule has 3 rings (SSSR count). The van der Waals surface area contributed by atoms with Gasteiger partial charge in [-0.1, -0.05) is 0 Å². The third-order valence-corrected chi connectivity index (χ3v) is 5.88. The molecule has 0 bridgehead atoms. The highest BCUT2D eigenvalue weighted by Gasteiger charge is 2.33. The number of aliphatic hydroxyl groups is 1. The zero-order valence-electron chi connectivity index (χ0n) is 12.6. The van der Waals surface area contributed by atoms with Crippen molar-refractivity contribution in [2.45, 2.75) is 51.0 Å². The molecule has 1 aromatic heterocycles. The number of nitrogens with zero attached hydrogens (tertiary/aromatic N) is 1. The van der Waals surface area contributed by atoms with Crippen molar-refractivity contribution in [1.29, 1.82) is 0 Å². The Kier molecular flexibility index (Phi) is 4.50. The number of rotatable bonds is 4. The molecule has 1 atom stereocenters. The highest BCUT2D eigenvalue weighted by molar-refractivity contribution is 7.14. The van der Waals surface area contributed by atoms with Gasteiger partial charge in [-0.2, -0.15) is 0 Å². The van der Waals surface area contributed by atoms with Gasteiger partial charge < -0.3 is 14.7 Å². The van der Waals surface area contributed by atoms with Crippen LogP contribution in [0.1, 0.15) is 52.2 Å². The molecular formula is C16H23NO3S. The lowest BCUT2D eigenvalue weighted by Gasteiger charge is -2.35. The van der Waals surface area contributed by atoms with E-state index in [0.717, 1.165) is 49.3 Å². The highest BCUT2D eigenvalue weighted by Crippen LogP contribution is 2.42. The van der Waals surface area contributed by atoms with Gasteiger partial charge in [0.1, 0.15) is 10.6 Å². The molecule has 21 heavy (non-hydrogen) atoms. The summed E-state index contributed by atoms with van der Waals surface area (Å²) in [6.45, 7) is 0.946. The maximum Gasteiger partial charge on any atom is 0.268 e. The first-order chi connectivity index (χ1) is 10.3. The van der Waals surface area contributed by atoms with Crippen LogP contribution in [0, 0.1) is 0 Å². The third kappa shape index (κ3) is 2.69. The Morgan fingerprint density at radius 1 is 1.38 bits per heavy atom. The molecule has 1 saturated heterocycles. The van der Waals surface area contributed by atoms with Gasteiger partial charge in [-0.3, -0.25) is 4.79 Å². The Balaban J connectivity index is 1.87. The highest BCUT2D eigenvalue weighted by atomic mass is 32.1. The lowest BCUT2D eigenvalue weighted by molar-refractivity contribution is 0.0576. The summed E-state index contributed by atoms with van der Waals surface area (Å²) in [6, 6.07) is 0.179. The van der Waals surface area contributed by atoms with Crippen LogP contribution >= 0.6 is 11.3 Å². The fraction of sp³-hybridized carbons (Fsp3) is 0.688. The van der Waals surface area contributed by atoms with Gasteiger partial charge in [-0.05, 0) is 44.9 Å². The summed E-state index contributed by atoms with van der Waals surface area (Å²) in [5.41, 5.74) is 1.25. The van der Waals surface area contributed by atoms with Crippen LogP contribution < -0.4 is 4.74 Å². The van der Waals surface area contributed by atoms with E-state index in [1.165, 1.54) is 16.9 Å². The van der Waals surface area contributed by atoms with Crippen LogP contribution in [0.5, 0.6) is 5.75 Å². The molecule has 0 spiro atoms. The fourth-order valence-electron chi connectivity index (χ4n) is 3.58. The van der Waals surface area contributed by atoms with Gasteiger partial charge in [0.05, 0.1) is 7.11 Å². The molecule has 1 aliphatic carbocycles. The molecule has 1 amide bonds. The smallest absolute Gasteiger partial charge is 0.268 e. The quantitative estimate of drug-likeness (QED) is 0.930. The first-order valence-corrected chi connectivity index (χ1v) is 8.68. The van der Waals surface area contributed by atoms with Crippen LogP contribution in [-0.4, -0.2) is 42.2 Å². The van der Waals surface area contributed by atoms with Crippen LogP contribution in [0.3, 0.4) is 0 Å². The molecule has 0 radical (unpaired) electrons. The molecule has 0 saturated carbocycles. The summed E-state index contributed by atoms with van der Waals surface area (Å²) in [5.74, 6) is 0.912. The molecule has 116 valence electrons. The van der Waals surface area contributed by atoms with Crippen molar-refractivity contribution in [2.24, 2.45) is 0 Å². The molecular weight excluding hydrogens is 286 g/mol. The Hall–Kier alpha value is -1.07. The molecule has 1 aromatic rings. The minimum atomic E-state index is 0.101. The minimum Gasteiger partial charge on any atom is -0.495 e. The summed E-state index contributed by atoms with van der Waals surface area (Å²) in [6.07, 6.45) is 7.15. The zero-order valence-corrected chi connectivity index (χ0v) is 13.4. The number of carbonyl (C=O) groups excluding carboxylic acids is 1. The minimum absolute atomic E-state index is 0.101. The van der Waals surface area contributed by atoms with Crippen molar-refractivity contribution in [3.63, 3.8) is 0 Å². The van der Waals surface area contributed by atoms with Crippen LogP contribution in [0.2, 0.25) is 0 Å². The van der Waals surface area contributed by atoms with Crippen molar-refractivity contribution in [3.05, 3.63) is 15.3 Å². The number of ether oxygens (including phenoxy) is 1. The zero-order chi connectivity index (χ0) is 14.8. The maximum absolute atomic E-state index is 12.9. The van der Waals surface area contributed by atoms with E-state index in [9.17, 15) is 9.90 Å². The molecule has 1 aliphatic heterocycles. The monoisotopic (exact) mass is 309 g/mol. The number of methoxy groups -OCH3 is 1. The number of hydrogen-bond donors (Lipinski definition) is 1. The Morgan fingerprint density at radius 2 is 2.24 bits per heavy atom. The molecule has 2 heterocycles. The number of amides is 1. The standard InChI is InChI=1S/C16H23NO3S/c1-20-14-12-6-4-7-13(12)21-15(14)16(19)17-9-3-2-5-11(17)8-10-18/h11,18H,2-10H2,1H3. The first kappa shape index (κ1) is 14.9. The van der Waals surface area contributed by atoms with Gasteiger partial charge in [0.2, 0.25) is 0 Å². The average Bonchev–Trinajstić information content (AvgIpc) is 3.07. The van der Waals surface area contributed by atoms with Crippen molar-refractivity contribution < 1.29 is 14.6 Å². The average molecular weight is 309 g/mol. The summed E-state index contributed by atoms with van der Waals surface area (Å²) in [5, 5.41) is 9.22. The fourth-order valence-corrected chi connectivity index (χ4v) is 4.89. The maximum atomic E-state index is 12.9. The third-order valence-electron chi connectivity index (χ3n) is 4.62. The van der Waals surface area contributed by atoms with Gasteiger partial charge in [0, 0.05) is 29.6 Å². The molecule has 1 unspecified atom stereocenters. The molecule has 1 fully saturated rings. The molecule has 5 heteroatoms. The van der Waals surface area contributed by atoms with E-state index in [4.69, 9.17) is 4.74 Å². The Labute approximate surface area is 129 Å². The van der Waals surface area contributed by atoms with E-state index in [1.807, 2.05) is 4.90 Å². The van der Waals surface area contributed by atoms with E-state index < -0.39 is 0 Å². The normalized spacial score (nSPS) is 21.4. The van der Waals surface area contributed by atoms with Gasteiger partial charge in [-0.15, -0.1) is 11.3 Å². The second kappa shape index (κ2) is 6.36. The van der Waals surface area contributed by atoms with E-state index in [1.54, 1.807) is 18.4 Å². The van der Waals surface area contributed by atoms with Crippen LogP contribution in [0.4, 0.5) is 0 Å². The number of thiophene rings is 1. The Bertz CT molecular complexity index is 524. The van der Waals surface area contributed by atoms with Crippen molar-refractivity contribution in [3.8, 4) is 5.75 Å². The largest absolute Gasteiger partial charge is 0.495 e. The van der Waals surface area contributed by atoms with Crippen molar-refractivity contribution >= 4 is 17.2 Å². The van der Waals surface area contributed by atoms with Gasteiger partial charge in [-0.25, -0.2) is 0 Å². The topological polar surface area (TPSA) is 49.8 Å². The predicted molar refractivity (Wildman–Crippen MR) is 83.3 cm³/mol. The lowest BCUT2D eigenvalue weighted by atomic mass is 9.99. The van der Waals surface area contributed by atoms with Gasteiger partial charge in [0.15, 0.2) is 0 Å². The van der Waals surface area contributed by atoms with E-state index in [0.29, 0.717) is 6.42 Å². The van der Waals surface area contributed by atoms with Crippen LogP contribution in [0.15, 0.2) is 0 Å². The van der Waals surface area contributed by atoms with Gasteiger partial charge in [0.25, 0.3) is 5.91 Å². The number of piperidine rings is 1. The number of carbonyl (C=O) groups is 1. The van der Waals surface area contributed by atoms with Gasteiger partial charge >= 0.3 is 0 Å². The predicted octanol–water partition coefficient (Wildman–Crippen LogP) is 2.62. The van der Waals surface area contributed by atoms with E-state index in [2.05, 4.69) is 0 Å². The molecule has 4 nitrogen and oxygen atoms in total. The SMILES string of the molecule is COc1c(C(=O)N2CCCCC2CCO)sc2c1CCC2. The molecule has 1 N–H and O–H groups in total. The van der Waals surface area contributed by atoms with Crippen molar-refractivity contribution in [1.82, 2.24) is 4.90 Å². The number of fused-ring (bicyclic) bond motifs is 1. The summed E-state index contributed by atoms with van der Waals surface area (Å²) >= 11 is 1.62. The number of aryl methyl sites for hydroxylation is 1. The summed E-state index contributed by atoms with van der Waals surface area (Å²) < 4.78 is 5.55.